The zero-order valence-corrected chi connectivity index (χ0v) is 22.1. The summed E-state index contributed by atoms with van der Waals surface area (Å²) in [5, 5.41) is 0. The number of hydrogen-bond acceptors (Lipinski definition) is 2. The highest BCUT2D eigenvalue weighted by molar-refractivity contribution is 5.90. The first-order valence-corrected chi connectivity index (χ1v) is 14.6. The summed E-state index contributed by atoms with van der Waals surface area (Å²) in [6, 6.07) is 17.1. The van der Waals surface area contributed by atoms with E-state index in [1.807, 2.05) is 12.1 Å². The molecule has 0 bridgehead atoms. The fraction of sp³-hybridized carbons (Fsp3) is 0.606. The first kappa shape index (κ1) is 26.0. The highest BCUT2D eigenvalue weighted by Crippen LogP contribution is 2.38. The van der Waals surface area contributed by atoms with Gasteiger partial charge in [0, 0.05) is 0 Å². The molecule has 2 saturated carbocycles. The van der Waals surface area contributed by atoms with E-state index in [0.29, 0.717) is 5.56 Å². The maximum Gasteiger partial charge on any atom is 0.338 e. The number of ether oxygens (including phenoxy) is 1. The summed E-state index contributed by atoms with van der Waals surface area (Å²) in [5.41, 5.74) is 4.54. The van der Waals surface area contributed by atoms with Crippen LogP contribution in [-0.2, 0) is 4.74 Å². The summed E-state index contributed by atoms with van der Waals surface area (Å²) < 4.78 is 5.83. The van der Waals surface area contributed by atoms with Crippen LogP contribution in [0.15, 0.2) is 48.5 Å². The van der Waals surface area contributed by atoms with E-state index < -0.39 is 0 Å². The lowest BCUT2D eigenvalue weighted by Gasteiger charge is -2.29. The Morgan fingerprint density at radius 3 is 1.86 bits per heavy atom. The molecular weight excluding hydrogens is 428 g/mol. The maximum atomic E-state index is 12.7. The average Bonchev–Trinajstić information content (AvgIpc) is 2.91. The van der Waals surface area contributed by atoms with Crippen molar-refractivity contribution in [2.45, 2.75) is 116 Å². The van der Waals surface area contributed by atoms with Crippen LogP contribution in [0.2, 0.25) is 0 Å². The van der Waals surface area contributed by atoms with Crippen molar-refractivity contribution in [2.75, 3.05) is 0 Å². The molecule has 2 aliphatic rings. The Labute approximate surface area is 213 Å². The molecule has 35 heavy (non-hydrogen) atoms. The van der Waals surface area contributed by atoms with E-state index >= 15 is 0 Å². The van der Waals surface area contributed by atoms with Gasteiger partial charge >= 0.3 is 5.97 Å². The molecule has 0 amide bonds. The molecule has 0 N–H and O–H groups in total. The molecule has 0 spiro atoms. The lowest BCUT2D eigenvalue weighted by Crippen LogP contribution is -2.24. The van der Waals surface area contributed by atoms with Crippen molar-refractivity contribution in [3.05, 3.63) is 59.7 Å². The predicted octanol–water partition coefficient (Wildman–Crippen LogP) is 9.72. The highest BCUT2D eigenvalue weighted by Gasteiger charge is 2.24. The Hall–Kier alpha value is -2.09. The van der Waals surface area contributed by atoms with Gasteiger partial charge in [0.2, 0.25) is 0 Å². The molecule has 2 fully saturated rings. The Morgan fingerprint density at radius 2 is 1.26 bits per heavy atom. The molecule has 0 aromatic heterocycles. The molecule has 2 nitrogen and oxygen atoms in total. The van der Waals surface area contributed by atoms with Gasteiger partial charge in [-0.15, -0.1) is 0 Å². The molecular formula is C33H46O2. The number of esters is 1. The first-order valence-electron chi connectivity index (χ1n) is 14.6. The highest BCUT2D eigenvalue weighted by atomic mass is 16.5. The molecule has 0 heterocycles. The van der Waals surface area contributed by atoms with Gasteiger partial charge in [0.1, 0.15) is 6.10 Å². The predicted molar refractivity (Wildman–Crippen MR) is 147 cm³/mol. The standard InChI is InChI=1S/C33H46O2/c1-3-5-6-8-26-9-13-27(14-10-26)28-15-17-29(18-16-28)30-19-21-31(22-20-30)33(34)35-32-23-11-25(7-4-2)12-24-32/h15-22,25-27,32H,3-14,23-24H2,1-2H3/t25-,26-,27-,32-. The molecule has 0 saturated heterocycles. The van der Waals surface area contributed by atoms with Gasteiger partial charge in [0.25, 0.3) is 0 Å². The number of unbranched alkanes of at least 4 members (excludes halogenated alkanes) is 2. The minimum Gasteiger partial charge on any atom is -0.459 e. The van der Waals surface area contributed by atoms with Gasteiger partial charge < -0.3 is 4.74 Å². The number of rotatable bonds is 10. The topological polar surface area (TPSA) is 26.3 Å². The zero-order valence-electron chi connectivity index (χ0n) is 22.1. The maximum absolute atomic E-state index is 12.7. The van der Waals surface area contributed by atoms with Gasteiger partial charge in [-0.3, -0.25) is 0 Å². The summed E-state index contributed by atoms with van der Waals surface area (Å²) in [7, 11) is 0. The second kappa shape index (κ2) is 13.3. The second-order valence-electron chi connectivity index (χ2n) is 11.2. The van der Waals surface area contributed by atoms with Crippen molar-refractivity contribution in [3.8, 4) is 11.1 Å². The van der Waals surface area contributed by atoms with Crippen LogP contribution in [-0.4, -0.2) is 12.1 Å². The van der Waals surface area contributed by atoms with Crippen molar-refractivity contribution in [2.24, 2.45) is 11.8 Å². The van der Waals surface area contributed by atoms with Crippen molar-refractivity contribution < 1.29 is 9.53 Å². The number of carbonyl (C=O) groups excluding carboxylic acids is 1. The van der Waals surface area contributed by atoms with E-state index in [-0.39, 0.29) is 12.1 Å². The summed E-state index contributed by atoms with van der Waals surface area (Å²) in [6.45, 7) is 4.55. The van der Waals surface area contributed by atoms with Gasteiger partial charge in [-0.1, -0.05) is 88.8 Å². The Bertz CT molecular complexity index is 882. The van der Waals surface area contributed by atoms with Crippen LogP contribution in [0.1, 0.15) is 126 Å². The van der Waals surface area contributed by atoms with E-state index in [4.69, 9.17) is 4.74 Å². The number of carbonyl (C=O) groups is 1. The van der Waals surface area contributed by atoms with E-state index in [1.54, 1.807) is 0 Å². The third kappa shape index (κ3) is 7.45. The molecule has 4 rings (SSSR count). The summed E-state index contributed by atoms with van der Waals surface area (Å²) in [4.78, 5) is 12.7. The quantitative estimate of drug-likeness (QED) is 0.253. The Kier molecular flexibility index (Phi) is 9.86. The first-order chi connectivity index (χ1) is 17.2. The van der Waals surface area contributed by atoms with Crippen LogP contribution in [0, 0.1) is 11.8 Å². The van der Waals surface area contributed by atoms with E-state index in [2.05, 4.69) is 50.2 Å². The Morgan fingerprint density at radius 1 is 0.686 bits per heavy atom. The molecule has 2 heteroatoms. The van der Waals surface area contributed by atoms with Crippen LogP contribution in [0.3, 0.4) is 0 Å². The summed E-state index contributed by atoms with van der Waals surface area (Å²) in [5.74, 6) is 2.33. The fourth-order valence-corrected chi connectivity index (χ4v) is 6.38. The molecule has 190 valence electrons. The molecule has 0 aliphatic heterocycles. The van der Waals surface area contributed by atoms with Crippen molar-refractivity contribution in [1.82, 2.24) is 0 Å². The van der Waals surface area contributed by atoms with Crippen LogP contribution in [0.5, 0.6) is 0 Å². The monoisotopic (exact) mass is 474 g/mol. The lowest BCUT2D eigenvalue weighted by molar-refractivity contribution is 0.0161. The van der Waals surface area contributed by atoms with E-state index in [9.17, 15) is 4.79 Å². The van der Waals surface area contributed by atoms with Gasteiger partial charge in [0.05, 0.1) is 5.56 Å². The lowest BCUT2D eigenvalue weighted by atomic mass is 9.77. The van der Waals surface area contributed by atoms with Crippen LogP contribution in [0.4, 0.5) is 0 Å². The third-order valence-electron chi connectivity index (χ3n) is 8.66. The average molecular weight is 475 g/mol. The van der Waals surface area contributed by atoms with Crippen LogP contribution in [0.25, 0.3) is 11.1 Å². The van der Waals surface area contributed by atoms with Gasteiger partial charge in [-0.05, 0) is 97.9 Å². The van der Waals surface area contributed by atoms with Crippen molar-refractivity contribution in [1.29, 1.82) is 0 Å². The molecule has 2 aromatic carbocycles. The summed E-state index contributed by atoms with van der Waals surface area (Å²) in [6.07, 6.45) is 18.1. The summed E-state index contributed by atoms with van der Waals surface area (Å²) >= 11 is 0. The van der Waals surface area contributed by atoms with Gasteiger partial charge in [-0.2, -0.15) is 0 Å². The Balaban J connectivity index is 1.26. The molecule has 0 unspecified atom stereocenters. The minimum atomic E-state index is -0.170. The second-order valence-corrected chi connectivity index (χ2v) is 11.2. The van der Waals surface area contributed by atoms with Crippen LogP contribution >= 0.6 is 0 Å². The van der Waals surface area contributed by atoms with Crippen molar-refractivity contribution in [3.63, 3.8) is 0 Å². The van der Waals surface area contributed by atoms with Crippen molar-refractivity contribution >= 4 is 5.97 Å². The molecule has 0 radical (unpaired) electrons. The smallest absolute Gasteiger partial charge is 0.338 e. The molecule has 2 aromatic rings. The third-order valence-corrected chi connectivity index (χ3v) is 8.66. The van der Waals surface area contributed by atoms with Crippen LogP contribution < -0.4 is 0 Å². The molecule has 0 atom stereocenters. The normalized spacial score (nSPS) is 24.7. The van der Waals surface area contributed by atoms with E-state index in [0.717, 1.165) is 36.2 Å². The largest absolute Gasteiger partial charge is 0.459 e. The fourth-order valence-electron chi connectivity index (χ4n) is 6.38. The van der Waals surface area contributed by atoms with Gasteiger partial charge in [0.15, 0.2) is 0 Å². The number of hydrogen-bond donors (Lipinski definition) is 0. The van der Waals surface area contributed by atoms with Gasteiger partial charge in [-0.25, -0.2) is 4.79 Å². The zero-order chi connectivity index (χ0) is 24.5. The molecule has 2 aliphatic carbocycles. The number of benzene rings is 2. The SMILES string of the molecule is CCCCC[C@H]1CC[C@H](c2ccc(-c3ccc(C(=O)O[C@H]4CC[C@H](CCC)CC4)cc3)cc2)CC1. The minimum absolute atomic E-state index is 0.0919. The van der Waals surface area contributed by atoms with E-state index in [1.165, 1.54) is 88.2 Å².